The van der Waals surface area contributed by atoms with Crippen LogP contribution in [0.3, 0.4) is 0 Å². The minimum atomic E-state index is -1.22. The van der Waals surface area contributed by atoms with Crippen molar-refractivity contribution in [3.05, 3.63) is 53.6 Å². The number of ether oxygens (including phenoxy) is 2. The number of alkyl halides is 1. The van der Waals surface area contributed by atoms with Gasteiger partial charge in [-0.1, -0.05) is 12.6 Å². The Kier molecular flexibility index (Phi) is 7.05. The minimum absolute atomic E-state index is 0.0149. The molecule has 4 rings (SSSR count). The molecule has 1 amide bonds. The average Bonchev–Trinajstić information content (AvgIpc) is 3.31. The number of H-pyrrole nitrogens is 1. The van der Waals surface area contributed by atoms with E-state index >= 15 is 4.39 Å². The summed E-state index contributed by atoms with van der Waals surface area (Å²) in [5.74, 6) is 1.39. The fourth-order valence-electron chi connectivity index (χ4n) is 4.03. The van der Waals surface area contributed by atoms with Crippen molar-refractivity contribution in [1.29, 1.82) is 0 Å². The summed E-state index contributed by atoms with van der Waals surface area (Å²) >= 11 is 0. The largest absolute Gasteiger partial charge is 0.496 e. The maximum Gasteiger partial charge on any atom is 0.410 e. The Morgan fingerprint density at radius 3 is 2.69 bits per heavy atom. The summed E-state index contributed by atoms with van der Waals surface area (Å²) < 4.78 is 26.1. The zero-order valence-corrected chi connectivity index (χ0v) is 20.6. The first-order valence-corrected chi connectivity index (χ1v) is 11.5. The van der Waals surface area contributed by atoms with Crippen molar-refractivity contribution >= 4 is 23.5 Å². The number of likely N-dealkylation sites (tertiary alicyclic amines) is 1. The van der Waals surface area contributed by atoms with E-state index in [0.717, 1.165) is 11.1 Å². The molecule has 36 heavy (non-hydrogen) atoms. The highest BCUT2D eigenvalue weighted by molar-refractivity contribution is 5.71. The van der Waals surface area contributed by atoms with Gasteiger partial charge in [-0.3, -0.25) is 5.10 Å². The number of anilines is 2. The summed E-state index contributed by atoms with van der Waals surface area (Å²) in [4.78, 5) is 25.1. The number of rotatable bonds is 5. The molecule has 1 aliphatic heterocycles. The van der Waals surface area contributed by atoms with Crippen LogP contribution < -0.4 is 10.1 Å². The molecule has 1 fully saturated rings. The highest BCUT2D eigenvalue weighted by Gasteiger charge is 2.34. The highest BCUT2D eigenvalue weighted by Crippen LogP contribution is 2.37. The third-order valence-electron chi connectivity index (χ3n) is 5.72. The number of aromatic amines is 1. The smallest absolute Gasteiger partial charge is 0.410 e. The van der Waals surface area contributed by atoms with Crippen LogP contribution in [-0.4, -0.2) is 63.1 Å². The minimum Gasteiger partial charge on any atom is -0.496 e. The Balaban J connectivity index is 1.46. The van der Waals surface area contributed by atoms with Crippen LogP contribution in [0.15, 0.2) is 36.7 Å². The summed E-state index contributed by atoms with van der Waals surface area (Å²) in [6.45, 7) is 12.7. The second-order valence-electron chi connectivity index (χ2n) is 9.46. The van der Waals surface area contributed by atoms with Crippen molar-refractivity contribution in [3.63, 3.8) is 0 Å². The molecule has 0 radical (unpaired) electrons. The number of methoxy groups -OCH3 is 1. The second kappa shape index (κ2) is 10.2. The summed E-state index contributed by atoms with van der Waals surface area (Å²) in [7, 11) is 1.56. The molecule has 2 N–H and O–H groups in total. The summed E-state index contributed by atoms with van der Waals surface area (Å²) in [6, 6.07) is 7.36. The molecule has 0 saturated carbocycles. The van der Waals surface area contributed by atoms with Gasteiger partial charge in [-0.05, 0) is 44.9 Å². The Morgan fingerprint density at radius 1 is 1.25 bits per heavy atom. The topological polar surface area (TPSA) is 110 Å². The molecular weight excluding hydrogens is 465 g/mol. The molecule has 11 heteroatoms. The third-order valence-corrected chi connectivity index (χ3v) is 5.72. The van der Waals surface area contributed by atoms with Crippen molar-refractivity contribution < 1.29 is 18.7 Å². The molecule has 3 aromatic rings. The SMILES string of the molecule is [C-]#[N+]c1cnc(Nc2cc(-c3ccc(C4CCN(C(=O)OC(C)(C)C)CC4F)cc3OC)[nH]n2)cn1. The summed E-state index contributed by atoms with van der Waals surface area (Å²) in [5.41, 5.74) is 1.64. The Bertz CT molecular complexity index is 1260. The van der Waals surface area contributed by atoms with Crippen LogP contribution in [0.4, 0.5) is 26.6 Å². The number of benzene rings is 1. The molecular formula is C25H28FN7O3. The van der Waals surface area contributed by atoms with E-state index in [1.165, 1.54) is 17.3 Å². The van der Waals surface area contributed by atoms with Gasteiger partial charge < -0.3 is 24.5 Å². The second-order valence-corrected chi connectivity index (χ2v) is 9.46. The van der Waals surface area contributed by atoms with Crippen molar-refractivity contribution in [3.8, 4) is 17.0 Å². The number of hydrogen-bond donors (Lipinski definition) is 2. The highest BCUT2D eigenvalue weighted by atomic mass is 19.1. The van der Waals surface area contributed by atoms with E-state index in [0.29, 0.717) is 36.0 Å². The third kappa shape index (κ3) is 5.71. The maximum atomic E-state index is 15.2. The van der Waals surface area contributed by atoms with Crippen molar-refractivity contribution in [2.75, 3.05) is 25.5 Å². The van der Waals surface area contributed by atoms with Crippen LogP contribution in [0.1, 0.15) is 38.7 Å². The first kappa shape index (κ1) is 24.9. The fourth-order valence-corrected chi connectivity index (χ4v) is 4.03. The quantitative estimate of drug-likeness (QED) is 0.468. The molecule has 2 unspecified atom stereocenters. The zero-order valence-electron chi connectivity index (χ0n) is 20.6. The van der Waals surface area contributed by atoms with Crippen LogP contribution in [-0.2, 0) is 4.74 Å². The van der Waals surface area contributed by atoms with Gasteiger partial charge in [-0.2, -0.15) is 5.10 Å². The van der Waals surface area contributed by atoms with Gasteiger partial charge in [0.15, 0.2) is 17.8 Å². The van der Waals surface area contributed by atoms with E-state index in [9.17, 15) is 4.79 Å². The van der Waals surface area contributed by atoms with E-state index in [4.69, 9.17) is 16.0 Å². The molecule has 1 saturated heterocycles. The molecule has 3 heterocycles. The van der Waals surface area contributed by atoms with E-state index < -0.39 is 17.9 Å². The molecule has 0 aliphatic carbocycles. The van der Waals surface area contributed by atoms with E-state index in [2.05, 4.69) is 30.3 Å². The number of carbonyl (C=O) groups excluding carboxylic acids is 1. The van der Waals surface area contributed by atoms with E-state index in [1.54, 1.807) is 33.9 Å². The van der Waals surface area contributed by atoms with Crippen LogP contribution in [0.5, 0.6) is 5.75 Å². The number of halogens is 1. The van der Waals surface area contributed by atoms with Gasteiger partial charge in [-0.25, -0.2) is 14.2 Å². The van der Waals surface area contributed by atoms with Gasteiger partial charge >= 0.3 is 6.09 Å². The van der Waals surface area contributed by atoms with Crippen molar-refractivity contribution in [2.45, 2.75) is 44.9 Å². The summed E-state index contributed by atoms with van der Waals surface area (Å²) in [5, 5.41) is 10.2. The Morgan fingerprint density at radius 2 is 2.06 bits per heavy atom. The Labute approximate surface area is 208 Å². The van der Waals surface area contributed by atoms with Gasteiger partial charge in [0.05, 0.1) is 25.5 Å². The van der Waals surface area contributed by atoms with Crippen LogP contribution in [0.2, 0.25) is 0 Å². The lowest BCUT2D eigenvalue weighted by atomic mass is 9.87. The monoisotopic (exact) mass is 493 g/mol. The van der Waals surface area contributed by atoms with Crippen molar-refractivity contribution in [2.24, 2.45) is 0 Å². The lowest BCUT2D eigenvalue weighted by Gasteiger charge is -2.36. The van der Waals surface area contributed by atoms with E-state index in [-0.39, 0.29) is 18.3 Å². The van der Waals surface area contributed by atoms with Crippen LogP contribution in [0.25, 0.3) is 16.1 Å². The van der Waals surface area contributed by atoms with Gasteiger partial charge in [0.1, 0.15) is 17.5 Å². The van der Waals surface area contributed by atoms with Gasteiger partial charge in [-0.15, -0.1) is 4.98 Å². The molecule has 0 spiro atoms. The van der Waals surface area contributed by atoms with Gasteiger partial charge in [0, 0.05) is 24.1 Å². The predicted molar refractivity (Wildman–Crippen MR) is 132 cm³/mol. The molecule has 188 valence electrons. The molecule has 2 atom stereocenters. The number of nitrogens with zero attached hydrogens (tertiary/aromatic N) is 5. The normalized spacial score (nSPS) is 17.8. The predicted octanol–water partition coefficient (Wildman–Crippen LogP) is 5.23. The number of nitrogens with one attached hydrogen (secondary N) is 2. The van der Waals surface area contributed by atoms with Crippen LogP contribution >= 0.6 is 0 Å². The molecule has 2 aromatic heterocycles. The standard InChI is InChI=1S/C25H28FN7O3/c1-25(2,3)36-24(34)33-9-8-16(18(26)14-33)15-6-7-17(20(10-15)35-5)19-11-21(32-31-19)30-23-13-28-22(27-4)12-29-23/h6-7,10-13,16,18H,8-9,14H2,1-3,5H3,(H2,29,30,31,32). The molecule has 1 aromatic carbocycles. The lowest BCUT2D eigenvalue weighted by molar-refractivity contribution is 0.0111. The molecule has 1 aliphatic rings. The number of amides is 1. The number of carbonyl (C=O) groups is 1. The first-order chi connectivity index (χ1) is 17.2. The fraction of sp³-hybridized carbons (Fsp3) is 0.400. The van der Waals surface area contributed by atoms with Gasteiger partial charge in [0.2, 0.25) is 0 Å². The zero-order chi connectivity index (χ0) is 25.9. The van der Waals surface area contributed by atoms with E-state index in [1.807, 2.05) is 18.2 Å². The molecule has 10 nitrogen and oxygen atoms in total. The average molecular weight is 494 g/mol. The van der Waals surface area contributed by atoms with Crippen molar-refractivity contribution in [1.82, 2.24) is 25.1 Å². The molecule has 0 bridgehead atoms. The number of hydrogen-bond acceptors (Lipinski definition) is 7. The lowest BCUT2D eigenvalue weighted by Crippen LogP contribution is -2.46. The summed E-state index contributed by atoms with van der Waals surface area (Å²) in [6.07, 6.45) is 1.60. The number of aromatic nitrogens is 4. The van der Waals surface area contributed by atoms with Gasteiger partial charge in [0.25, 0.3) is 5.82 Å². The first-order valence-electron chi connectivity index (χ1n) is 11.5. The van der Waals surface area contributed by atoms with Crippen LogP contribution in [0, 0.1) is 6.57 Å². The number of piperidine rings is 1. The Hall–Kier alpha value is -4.20. The maximum absolute atomic E-state index is 15.2.